The lowest BCUT2D eigenvalue weighted by atomic mass is 10.4. The molecule has 0 fully saturated rings. The number of guanidine groups is 1. The molecule has 0 spiro atoms. The molecule has 0 aliphatic carbocycles. The largest absolute Gasteiger partial charge is 0.356 e. The monoisotopic (exact) mass is 482 g/mol. The van der Waals surface area contributed by atoms with Gasteiger partial charge in [0.1, 0.15) is 12.4 Å². The normalized spacial score (nSPS) is 10.8. The fraction of sp³-hybridized carbons (Fsp3) is 0.529. The van der Waals surface area contributed by atoms with E-state index in [0.717, 1.165) is 36.6 Å². The molecule has 0 saturated heterocycles. The first-order valence-corrected chi connectivity index (χ1v) is 9.12. The molecule has 0 radical (unpaired) electrons. The molecule has 25 heavy (non-hydrogen) atoms. The maximum Gasteiger partial charge on any atom is 0.243 e. The summed E-state index contributed by atoms with van der Waals surface area (Å²) in [6.07, 6.45) is 1.93. The molecule has 5 nitrogen and oxygen atoms in total. The summed E-state index contributed by atoms with van der Waals surface area (Å²) in [6.45, 7) is 3.79. The molecule has 0 aliphatic heterocycles. The molecule has 142 valence electrons. The standard InChI is InChI=1S/C17H27FN4OS.HI/c1-4-10-19-17(21-13-16(23)22(2)3)20-11-5-12-24-15-8-6-14(18)7-9-15;/h6-9H,4-5,10-13H2,1-3H3,(H2,19,20,21);1H. The van der Waals surface area contributed by atoms with Gasteiger partial charge in [-0.1, -0.05) is 6.92 Å². The maximum absolute atomic E-state index is 12.8. The van der Waals surface area contributed by atoms with Crippen molar-refractivity contribution in [2.45, 2.75) is 24.7 Å². The van der Waals surface area contributed by atoms with Gasteiger partial charge in [-0.15, -0.1) is 35.7 Å². The number of nitrogens with zero attached hydrogens (tertiary/aromatic N) is 2. The van der Waals surface area contributed by atoms with Gasteiger partial charge in [0, 0.05) is 32.1 Å². The van der Waals surface area contributed by atoms with E-state index in [2.05, 4.69) is 22.5 Å². The Bertz CT molecular complexity index is 526. The van der Waals surface area contributed by atoms with Crippen LogP contribution in [0.4, 0.5) is 4.39 Å². The second kappa shape index (κ2) is 14.2. The van der Waals surface area contributed by atoms with Crippen LogP contribution >= 0.6 is 35.7 Å². The number of aliphatic imine (C=N–C) groups is 1. The van der Waals surface area contributed by atoms with E-state index in [0.29, 0.717) is 5.96 Å². The highest BCUT2D eigenvalue weighted by Crippen LogP contribution is 2.18. The Kier molecular flexibility index (Phi) is 13.6. The van der Waals surface area contributed by atoms with Gasteiger partial charge in [0.2, 0.25) is 5.91 Å². The van der Waals surface area contributed by atoms with Crippen molar-refractivity contribution in [1.82, 2.24) is 15.5 Å². The average molecular weight is 482 g/mol. The highest BCUT2D eigenvalue weighted by Gasteiger charge is 2.04. The summed E-state index contributed by atoms with van der Waals surface area (Å²) in [5, 5.41) is 6.44. The van der Waals surface area contributed by atoms with Crippen LogP contribution in [0.15, 0.2) is 34.2 Å². The second-order valence-electron chi connectivity index (χ2n) is 5.46. The Labute approximate surface area is 171 Å². The number of amides is 1. The topological polar surface area (TPSA) is 56.7 Å². The molecule has 8 heteroatoms. The number of halogens is 2. The fourth-order valence-electron chi connectivity index (χ4n) is 1.71. The molecule has 1 aromatic carbocycles. The van der Waals surface area contributed by atoms with E-state index < -0.39 is 0 Å². The minimum absolute atomic E-state index is 0. The smallest absolute Gasteiger partial charge is 0.243 e. The molecule has 0 aromatic heterocycles. The summed E-state index contributed by atoms with van der Waals surface area (Å²) in [5.74, 6) is 1.35. The first-order valence-electron chi connectivity index (χ1n) is 8.13. The van der Waals surface area contributed by atoms with Gasteiger partial charge in [-0.05, 0) is 42.9 Å². The van der Waals surface area contributed by atoms with E-state index in [-0.39, 0.29) is 42.2 Å². The van der Waals surface area contributed by atoms with Crippen LogP contribution in [-0.4, -0.2) is 56.2 Å². The Morgan fingerprint density at radius 1 is 1.20 bits per heavy atom. The number of rotatable bonds is 9. The lowest BCUT2D eigenvalue weighted by molar-refractivity contribution is -0.127. The third kappa shape index (κ3) is 11.2. The van der Waals surface area contributed by atoms with Crippen molar-refractivity contribution >= 4 is 47.6 Å². The zero-order valence-corrected chi connectivity index (χ0v) is 18.2. The van der Waals surface area contributed by atoms with Gasteiger partial charge in [-0.3, -0.25) is 4.79 Å². The van der Waals surface area contributed by atoms with Crippen molar-refractivity contribution in [1.29, 1.82) is 0 Å². The van der Waals surface area contributed by atoms with Gasteiger partial charge in [-0.2, -0.15) is 0 Å². The van der Waals surface area contributed by atoms with Gasteiger partial charge >= 0.3 is 0 Å². The molecule has 2 N–H and O–H groups in total. The number of nitrogens with one attached hydrogen (secondary N) is 2. The number of likely N-dealkylation sites (N-methyl/N-ethyl adjacent to an activating group) is 1. The highest BCUT2D eigenvalue weighted by atomic mass is 127. The van der Waals surface area contributed by atoms with Gasteiger partial charge in [0.15, 0.2) is 5.96 Å². The van der Waals surface area contributed by atoms with Crippen molar-refractivity contribution < 1.29 is 9.18 Å². The van der Waals surface area contributed by atoms with Crippen LogP contribution in [0.1, 0.15) is 19.8 Å². The van der Waals surface area contributed by atoms with Crippen molar-refractivity contribution in [2.24, 2.45) is 4.99 Å². The average Bonchev–Trinajstić information content (AvgIpc) is 2.57. The van der Waals surface area contributed by atoms with Crippen LogP contribution < -0.4 is 10.6 Å². The van der Waals surface area contributed by atoms with Crippen LogP contribution in [0.25, 0.3) is 0 Å². The first kappa shape index (κ1) is 24.0. The Morgan fingerprint density at radius 2 is 1.84 bits per heavy atom. The molecule has 1 rings (SSSR count). The molecule has 0 unspecified atom stereocenters. The zero-order valence-electron chi connectivity index (χ0n) is 15.0. The number of carbonyl (C=O) groups excluding carboxylic acids is 1. The summed E-state index contributed by atoms with van der Waals surface area (Å²) in [5.41, 5.74) is 0. The molecule has 1 amide bonds. The molecule has 0 heterocycles. The van der Waals surface area contributed by atoms with Crippen LogP contribution in [0.5, 0.6) is 0 Å². The van der Waals surface area contributed by atoms with Crippen molar-refractivity contribution in [2.75, 3.05) is 39.5 Å². The predicted molar refractivity (Wildman–Crippen MR) is 114 cm³/mol. The summed E-state index contributed by atoms with van der Waals surface area (Å²) >= 11 is 1.69. The van der Waals surface area contributed by atoms with Crippen LogP contribution in [0.3, 0.4) is 0 Å². The minimum Gasteiger partial charge on any atom is -0.356 e. The predicted octanol–water partition coefficient (Wildman–Crippen LogP) is 2.96. The Morgan fingerprint density at radius 3 is 2.44 bits per heavy atom. The molecular weight excluding hydrogens is 454 g/mol. The van der Waals surface area contributed by atoms with Gasteiger partial charge < -0.3 is 15.5 Å². The number of thioether (sulfide) groups is 1. The first-order chi connectivity index (χ1) is 11.5. The number of hydrogen-bond donors (Lipinski definition) is 2. The van der Waals surface area contributed by atoms with E-state index in [1.807, 2.05) is 0 Å². The fourth-order valence-corrected chi connectivity index (χ4v) is 2.56. The Balaban J connectivity index is 0.00000576. The molecule has 0 atom stereocenters. The second-order valence-corrected chi connectivity index (χ2v) is 6.63. The maximum atomic E-state index is 12.8. The van der Waals surface area contributed by atoms with E-state index in [1.165, 1.54) is 17.0 Å². The van der Waals surface area contributed by atoms with Crippen molar-refractivity contribution in [3.63, 3.8) is 0 Å². The third-order valence-corrected chi connectivity index (χ3v) is 4.21. The summed E-state index contributed by atoms with van der Waals surface area (Å²) < 4.78 is 12.8. The zero-order chi connectivity index (χ0) is 17.8. The molecular formula is C17H28FIN4OS. The van der Waals surface area contributed by atoms with E-state index >= 15 is 0 Å². The SMILES string of the molecule is CCCNC(=NCC(=O)N(C)C)NCCCSc1ccc(F)cc1.I. The lowest BCUT2D eigenvalue weighted by Crippen LogP contribution is -2.39. The van der Waals surface area contributed by atoms with Crippen LogP contribution in [0, 0.1) is 5.82 Å². The Hall–Kier alpha value is -1.03. The lowest BCUT2D eigenvalue weighted by Gasteiger charge is -2.13. The molecule has 1 aromatic rings. The molecule has 0 bridgehead atoms. The van der Waals surface area contributed by atoms with Gasteiger partial charge in [0.05, 0.1) is 0 Å². The van der Waals surface area contributed by atoms with Crippen molar-refractivity contribution in [3.8, 4) is 0 Å². The number of benzene rings is 1. The summed E-state index contributed by atoms with van der Waals surface area (Å²) in [4.78, 5) is 18.5. The number of hydrogen-bond acceptors (Lipinski definition) is 3. The summed E-state index contributed by atoms with van der Waals surface area (Å²) in [6, 6.07) is 6.52. The summed E-state index contributed by atoms with van der Waals surface area (Å²) in [7, 11) is 3.44. The third-order valence-electron chi connectivity index (χ3n) is 3.11. The molecule has 0 aliphatic rings. The highest BCUT2D eigenvalue weighted by molar-refractivity contribution is 14.0. The molecule has 0 saturated carbocycles. The minimum atomic E-state index is -0.212. The van der Waals surface area contributed by atoms with Gasteiger partial charge in [-0.25, -0.2) is 9.38 Å². The van der Waals surface area contributed by atoms with Gasteiger partial charge in [0.25, 0.3) is 0 Å². The van der Waals surface area contributed by atoms with E-state index in [9.17, 15) is 9.18 Å². The van der Waals surface area contributed by atoms with Crippen molar-refractivity contribution in [3.05, 3.63) is 30.1 Å². The quantitative estimate of drug-likeness (QED) is 0.187. The van der Waals surface area contributed by atoms with E-state index in [1.54, 1.807) is 38.0 Å². The number of carbonyl (C=O) groups is 1. The van der Waals surface area contributed by atoms with E-state index in [4.69, 9.17) is 0 Å². The van der Waals surface area contributed by atoms with Crippen LogP contribution in [0.2, 0.25) is 0 Å². The van der Waals surface area contributed by atoms with Crippen LogP contribution in [-0.2, 0) is 4.79 Å².